The predicted molar refractivity (Wildman–Crippen MR) is 47.8 cm³/mol. The Morgan fingerprint density at radius 3 is 3.08 bits per heavy atom. The average Bonchev–Trinajstić information content (AvgIpc) is 2.20. The number of aromatic nitrogens is 1. The Balaban J connectivity index is 2.18. The lowest BCUT2D eigenvalue weighted by molar-refractivity contribution is 0.411. The molecule has 3 nitrogen and oxygen atoms in total. The van der Waals surface area contributed by atoms with E-state index in [9.17, 15) is 4.39 Å². The third-order valence-electron chi connectivity index (χ3n) is 2.20. The molecule has 0 amide bonds. The fourth-order valence-electron chi connectivity index (χ4n) is 1.53. The highest BCUT2D eigenvalue weighted by molar-refractivity contribution is 5.16. The fourth-order valence-corrected chi connectivity index (χ4v) is 1.53. The molecule has 0 aliphatic carbocycles. The van der Waals surface area contributed by atoms with Crippen LogP contribution >= 0.6 is 0 Å². The average molecular weight is 181 g/mol. The summed E-state index contributed by atoms with van der Waals surface area (Å²) in [6, 6.07) is 3.59. The van der Waals surface area contributed by atoms with Crippen LogP contribution in [0.3, 0.4) is 0 Å². The van der Waals surface area contributed by atoms with Crippen molar-refractivity contribution in [2.24, 2.45) is 0 Å². The summed E-state index contributed by atoms with van der Waals surface area (Å²) < 4.78 is 13.2. The summed E-state index contributed by atoms with van der Waals surface area (Å²) in [6.07, 6.45) is 1.47. The van der Waals surface area contributed by atoms with Gasteiger partial charge >= 0.3 is 0 Å². The molecule has 4 heteroatoms. The van der Waals surface area contributed by atoms with Gasteiger partial charge in [-0.2, -0.15) is 4.39 Å². The Morgan fingerprint density at radius 1 is 1.46 bits per heavy atom. The van der Waals surface area contributed by atoms with Gasteiger partial charge in [0.15, 0.2) is 0 Å². The number of nitrogens with zero attached hydrogens (tertiary/aromatic N) is 1. The topological polar surface area (TPSA) is 37.0 Å². The minimum atomic E-state index is -0.372. The lowest BCUT2D eigenvalue weighted by Gasteiger charge is -2.24. The molecule has 1 fully saturated rings. The Hall–Kier alpha value is -1.00. The van der Waals surface area contributed by atoms with Crippen LogP contribution in [-0.2, 0) is 0 Å². The summed E-state index contributed by atoms with van der Waals surface area (Å²) >= 11 is 0. The first-order valence-corrected chi connectivity index (χ1v) is 4.42. The van der Waals surface area contributed by atoms with Gasteiger partial charge in [0, 0.05) is 37.4 Å². The van der Waals surface area contributed by atoms with Gasteiger partial charge in [0.1, 0.15) is 0 Å². The predicted octanol–water partition coefficient (Wildman–Crippen LogP) is 0.455. The van der Waals surface area contributed by atoms with Crippen molar-refractivity contribution in [2.45, 2.75) is 6.04 Å². The van der Waals surface area contributed by atoms with E-state index < -0.39 is 0 Å². The van der Waals surface area contributed by atoms with Crippen LogP contribution in [0.4, 0.5) is 4.39 Å². The molecule has 1 aliphatic rings. The number of halogens is 1. The lowest BCUT2D eigenvalue weighted by Crippen LogP contribution is -2.43. The molecule has 2 rings (SSSR count). The van der Waals surface area contributed by atoms with Crippen LogP contribution < -0.4 is 10.6 Å². The maximum atomic E-state index is 13.2. The van der Waals surface area contributed by atoms with E-state index in [1.54, 1.807) is 12.1 Å². The maximum absolute atomic E-state index is 13.2. The molecule has 1 aromatic heterocycles. The second-order valence-electron chi connectivity index (χ2n) is 3.09. The van der Waals surface area contributed by atoms with Crippen LogP contribution in [0.1, 0.15) is 11.6 Å². The molecular formula is C9H12FN3. The van der Waals surface area contributed by atoms with Crippen molar-refractivity contribution in [3.8, 4) is 0 Å². The number of piperazine rings is 1. The van der Waals surface area contributed by atoms with Crippen LogP contribution in [0.5, 0.6) is 0 Å². The zero-order valence-corrected chi connectivity index (χ0v) is 7.26. The van der Waals surface area contributed by atoms with E-state index in [0.717, 1.165) is 19.6 Å². The van der Waals surface area contributed by atoms with Gasteiger partial charge in [0.05, 0.1) is 0 Å². The van der Waals surface area contributed by atoms with Gasteiger partial charge in [0.2, 0.25) is 5.95 Å². The molecule has 2 heterocycles. The molecule has 1 saturated heterocycles. The Morgan fingerprint density at radius 2 is 2.38 bits per heavy atom. The molecule has 0 aromatic carbocycles. The molecule has 1 aliphatic heterocycles. The zero-order valence-electron chi connectivity index (χ0n) is 7.26. The summed E-state index contributed by atoms with van der Waals surface area (Å²) in [5.41, 5.74) is 0.648. The van der Waals surface area contributed by atoms with Crippen molar-refractivity contribution in [2.75, 3.05) is 19.6 Å². The molecule has 1 atom stereocenters. The van der Waals surface area contributed by atoms with Gasteiger partial charge < -0.3 is 10.6 Å². The quantitative estimate of drug-likeness (QED) is 0.618. The van der Waals surface area contributed by atoms with E-state index in [1.807, 2.05) is 0 Å². The molecule has 13 heavy (non-hydrogen) atoms. The number of pyridine rings is 1. The molecule has 2 N–H and O–H groups in total. The van der Waals surface area contributed by atoms with Gasteiger partial charge in [-0.15, -0.1) is 0 Å². The minimum absolute atomic E-state index is 0.0578. The zero-order chi connectivity index (χ0) is 9.10. The fraction of sp³-hybridized carbons (Fsp3) is 0.444. The third kappa shape index (κ3) is 1.84. The van der Waals surface area contributed by atoms with E-state index in [4.69, 9.17) is 0 Å². The van der Waals surface area contributed by atoms with Crippen LogP contribution in [0.25, 0.3) is 0 Å². The Bertz CT molecular complexity index is 284. The van der Waals surface area contributed by atoms with E-state index in [0.29, 0.717) is 5.56 Å². The molecule has 70 valence electrons. The van der Waals surface area contributed by atoms with Crippen molar-refractivity contribution >= 4 is 0 Å². The molecule has 0 radical (unpaired) electrons. The third-order valence-corrected chi connectivity index (χ3v) is 2.20. The molecular weight excluding hydrogens is 169 g/mol. The summed E-state index contributed by atoms with van der Waals surface area (Å²) in [7, 11) is 0. The van der Waals surface area contributed by atoms with E-state index in [2.05, 4.69) is 15.6 Å². The molecule has 0 saturated carbocycles. The second kappa shape index (κ2) is 3.81. The van der Waals surface area contributed by atoms with Gasteiger partial charge in [-0.1, -0.05) is 6.07 Å². The van der Waals surface area contributed by atoms with Crippen molar-refractivity contribution in [1.29, 1.82) is 0 Å². The largest absolute Gasteiger partial charge is 0.314 e. The molecule has 1 aromatic rings. The minimum Gasteiger partial charge on any atom is -0.314 e. The first-order valence-electron chi connectivity index (χ1n) is 4.42. The number of hydrogen-bond acceptors (Lipinski definition) is 3. The summed E-state index contributed by atoms with van der Waals surface area (Å²) in [5.74, 6) is -0.372. The van der Waals surface area contributed by atoms with E-state index in [1.165, 1.54) is 6.20 Å². The first kappa shape index (κ1) is 8.59. The van der Waals surface area contributed by atoms with Gasteiger partial charge in [-0.25, -0.2) is 4.98 Å². The summed E-state index contributed by atoms with van der Waals surface area (Å²) in [6.45, 7) is 2.58. The first-order chi connectivity index (χ1) is 6.38. The smallest absolute Gasteiger partial charge is 0.217 e. The summed E-state index contributed by atoms with van der Waals surface area (Å²) in [4.78, 5) is 3.62. The van der Waals surface area contributed by atoms with Crippen molar-refractivity contribution in [3.05, 3.63) is 29.8 Å². The molecule has 0 spiro atoms. The Labute approximate surface area is 76.4 Å². The summed E-state index contributed by atoms with van der Waals surface area (Å²) in [5, 5.41) is 6.44. The number of nitrogens with one attached hydrogen (secondary N) is 2. The van der Waals surface area contributed by atoms with E-state index in [-0.39, 0.29) is 12.0 Å². The SMILES string of the molecule is Fc1ncccc1[C@@H]1CNCCN1. The van der Waals surface area contributed by atoms with Crippen LogP contribution in [0, 0.1) is 5.95 Å². The maximum Gasteiger partial charge on any atom is 0.217 e. The van der Waals surface area contributed by atoms with Gasteiger partial charge in [0.25, 0.3) is 0 Å². The highest BCUT2D eigenvalue weighted by Crippen LogP contribution is 2.14. The highest BCUT2D eigenvalue weighted by Gasteiger charge is 2.17. The normalized spacial score (nSPS) is 23.0. The van der Waals surface area contributed by atoms with Gasteiger partial charge in [-0.3, -0.25) is 0 Å². The van der Waals surface area contributed by atoms with Crippen LogP contribution in [0.2, 0.25) is 0 Å². The van der Waals surface area contributed by atoms with Crippen LogP contribution in [-0.4, -0.2) is 24.6 Å². The Kier molecular flexibility index (Phi) is 2.52. The van der Waals surface area contributed by atoms with Gasteiger partial charge in [-0.05, 0) is 6.07 Å². The molecule has 0 bridgehead atoms. The standard InChI is InChI=1S/C9H12FN3/c10-9-7(2-1-3-13-9)8-6-11-4-5-12-8/h1-3,8,11-12H,4-6H2/t8-/m0/s1. The van der Waals surface area contributed by atoms with E-state index >= 15 is 0 Å². The van der Waals surface area contributed by atoms with Crippen molar-refractivity contribution in [3.63, 3.8) is 0 Å². The van der Waals surface area contributed by atoms with Crippen molar-refractivity contribution in [1.82, 2.24) is 15.6 Å². The highest BCUT2D eigenvalue weighted by atomic mass is 19.1. The number of hydrogen-bond donors (Lipinski definition) is 2. The monoisotopic (exact) mass is 181 g/mol. The van der Waals surface area contributed by atoms with Crippen molar-refractivity contribution < 1.29 is 4.39 Å². The second-order valence-corrected chi connectivity index (χ2v) is 3.09. The number of rotatable bonds is 1. The molecule has 0 unspecified atom stereocenters. The lowest BCUT2D eigenvalue weighted by atomic mass is 10.1. The van der Waals surface area contributed by atoms with Crippen LogP contribution in [0.15, 0.2) is 18.3 Å².